The number of hydrogen-bond acceptors (Lipinski definition) is 4. The molecule has 18 heavy (non-hydrogen) atoms. The number of rotatable bonds is 3. The molecule has 0 saturated carbocycles. The van der Waals surface area contributed by atoms with Gasteiger partial charge in [0.1, 0.15) is 11.2 Å². The molecule has 0 fully saturated rings. The molecule has 0 amide bonds. The molecule has 0 radical (unpaired) electrons. The van der Waals surface area contributed by atoms with Crippen LogP contribution in [0.5, 0.6) is 11.5 Å². The molecule has 0 aliphatic rings. The van der Waals surface area contributed by atoms with Gasteiger partial charge in [0.05, 0.1) is 0 Å². The molecule has 4 nitrogen and oxygen atoms in total. The Labute approximate surface area is 104 Å². The van der Waals surface area contributed by atoms with E-state index in [0.29, 0.717) is 11.0 Å². The van der Waals surface area contributed by atoms with Crippen LogP contribution >= 0.6 is 0 Å². The van der Waals surface area contributed by atoms with Crippen molar-refractivity contribution in [2.75, 3.05) is 0 Å². The first-order valence-corrected chi connectivity index (χ1v) is 5.51. The first-order valence-electron chi connectivity index (χ1n) is 5.51. The van der Waals surface area contributed by atoms with Crippen LogP contribution in [-0.4, -0.2) is 10.7 Å². The summed E-state index contributed by atoms with van der Waals surface area (Å²) in [5.41, 5.74) is -0.697. The van der Waals surface area contributed by atoms with E-state index in [-0.39, 0.29) is 11.5 Å². The molecule has 2 aromatic rings. The maximum atomic E-state index is 11.1. The van der Waals surface area contributed by atoms with Gasteiger partial charge in [-0.25, -0.2) is 4.79 Å². The summed E-state index contributed by atoms with van der Waals surface area (Å²) in [4.78, 5) is 11.1. The van der Waals surface area contributed by atoms with Crippen LogP contribution in [-0.2, 0) is 0 Å². The maximum Gasteiger partial charge on any atom is 0.336 e. The van der Waals surface area contributed by atoms with Crippen LogP contribution in [0.1, 0.15) is 13.8 Å². The van der Waals surface area contributed by atoms with E-state index in [2.05, 4.69) is 6.58 Å². The minimum atomic E-state index is -0.625. The second-order valence-corrected chi connectivity index (χ2v) is 4.52. The molecule has 1 heterocycles. The van der Waals surface area contributed by atoms with Crippen molar-refractivity contribution >= 4 is 11.0 Å². The van der Waals surface area contributed by atoms with Gasteiger partial charge in [0.2, 0.25) is 0 Å². The lowest BCUT2D eigenvalue weighted by Gasteiger charge is -2.22. The van der Waals surface area contributed by atoms with Gasteiger partial charge < -0.3 is 14.3 Å². The molecule has 0 bridgehead atoms. The summed E-state index contributed by atoms with van der Waals surface area (Å²) in [6.07, 6.45) is 1.62. The molecule has 0 spiro atoms. The van der Waals surface area contributed by atoms with Gasteiger partial charge in [-0.3, -0.25) is 0 Å². The summed E-state index contributed by atoms with van der Waals surface area (Å²) in [5.74, 6) is 0.244. The van der Waals surface area contributed by atoms with E-state index in [1.165, 1.54) is 18.2 Å². The van der Waals surface area contributed by atoms with Gasteiger partial charge >= 0.3 is 5.63 Å². The van der Waals surface area contributed by atoms with Crippen molar-refractivity contribution in [2.45, 2.75) is 19.4 Å². The quantitative estimate of drug-likeness (QED) is 0.668. The van der Waals surface area contributed by atoms with Crippen LogP contribution in [0.3, 0.4) is 0 Å². The van der Waals surface area contributed by atoms with E-state index >= 15 is 0 Å². The fourth-order valence-corrected chi connectivity index (χ4v) is 1.49. The van der Waals surface area contributed by atoms with E-state index in [0.717, 1.165) is 0 Å². The predicted octanol–water partition coefficient (Wildman–Crippen LogP) is 2.84. The van der Waals surface area contributed by atoms with E-state index in [4.69, 9.17) is 9.15 Å². The van der Waals surface area contributed by atoms with Crippen molar-refractivity contribution in [2.24, 2.45) is 0 Å². The highest BCUT2D eigenvalue weighted by atomic mass is 16.5. The Kier molecular flexibility index (Phi) is 2.87. The third-order valence-electron chi connectivity index (χ3n) is 2.57. The minimum Gasteiger partial charge on any atom is -0.504 e. The van der Waals surface area contributed by atoms with Gasteiger partial charge in [0, 0.05) is 17.5 Å². The summed E-state index contributed by atoms with van der Waals surface area (Å²) < 4.78 is 10.6. The minimum absolute atomic E-state index is 0.00808. The Morgan fingerprint density at radius 3 is 2.78 bits per heavy atom. The molecule has 0 atom stereocenters. The van der Waals surface area contributed by atoms with Crippen molar-refractivity contribution in [3.8, 4) is 11.5 Å². The van der Waals surface area contributed by atoms with Crippen LogP contribution in [0, 0.1) is 0 Å². The zero-order chi connectivity index (χ0) is 13.3. The normalized spacial score (nSPS) is 11.4. The molecule has 1 N–H and O–H groups in total. The number of fused-ring (bicyclic) bond motifs is 1. The molecule has 0 unspecified atom stereocenters. The van der Waals surface area contributed by atoms with Crippen molar-refractivity contribution in [1.29, 1.82) is 0 Å². The SMILES string of the molecule is C=CC(C)(C)Oc1cc2oc(=O)ccc2cc1O. The second-order valence-electron chi connectivity index (χ2n) is 4.52. The molecule has 1 aromatic carbocycles. The molecular formula is C14H14O4. The van der Waals surface area contributed by atoms with Gasteiger partial charge in [-0.05, 0) is 32.1 Å². The molecular weight excluding hydrogens is 232 g/mol. The lowest BCUT2D eigenvalue weighted by atomic mass is 10.1. The smallest absolute Gasteiger partial charge is 0.336 e. The van der Waals surface area contributed by atoms with Gasteiger partial charge in [-0.15, -0.1) is 0 Å². The highest BCUT2D eigenvalue weighted by Gasteiger charge is 2.17. The summed E-state index contributed by atoms with van der Waals surface area (Å²) in [7, 11) is 0. The summed E-state index contributed by atoms with van der Waals surface area (Å²) in [5, 5.41) is 10.5. The van der Waals surface area contributed by atoms with Gasteiger partial charge in [-0.2, -0.15) is 0 Å². The topological polar surface area (TPSA) is 59.7 Å². The van der Waals surface area contributed by atoms with Gasteiger partial charge in [0.25, 0.3) is 0 Å². The predicted molar refractivity (Wildman–Crippen MR) is 69.1 cm³/mol. The van der Waals surface area contributed by atoms with Crippen LogP contribution in [0.2, 0.25) is 0 Å². The van der Waals surface area contributed by atoms with Gasteiger partial charge in [-0.1, -0.05) is 6.58 Å². The number of phenols is 1. The van der Waals surface area contributed by atoms with Gasteiger partial charge in [0.15, 0.2) is 11.5 Å². The standard InChI is InChI=1S/C14H14O4/c1-4-14(2,3)18-12-8-11-9(7-10(12)15)5-6-13(16)17-11/h4-8,15H,1H2,2-3H3. The summed E-state index contributed by atoms with van der Waals surface area (Å²) in [6.45, 7) is 7.28. The first kappa shape index (κ1) is 12.2. The zero-order valence-corrected chi connectivity index (χ0v) is 10.3. The maximum absolute atomic E-state index is 11.1. The highest BCUT2D eigenvalue weighted by molar-refractivity contribution is 5.80. The third-order valence-corrected chi connectivity index (χ3v) is 2.57. The van der Waals surface area contributed by atoms with E-state index < -0.39 is 11.2 Å². The van der Waals surface area contributed by atoms with E-state index in [1.54, 1.807) is 12.1 Å². The lowest BCUT2D eigenvalue weighted by Crippen LogP contribution is -2.24. The summed E-state index contributed by atoms with van der Waals surface area (Å²) in [6, 6.07) is 5.88. The number of phenolic OH excluding ortho intramolecular Hbond substituents is 1. The fourth-order valence-electron chi connectivity index (χ4n) is 1.49. The number of ether oxygens (including phenoxy) is 1. The number of aromatic hydroxyl groups is 1. The molecule has 0 saturated heterocycles. The van der Waals surface area contributed by atoms with Crippen LogP contribution in [0.25, 0.3) is 11.0 Å². The number of hydrogen-bond donors (Lipinski definition) is 1. The Balaban J connectivity index is 2.54. The van der Waals surface area contributed by atoms with Crippen molar-refractivity contribution in [3.05, 3.63) is 47.3 Å². The Morgan fingerprint density at radius 2 is 2.11 bits per heavy atom. The molecule has 4 heteroatoms. The van der Waals surface area contributed by atoms with Crippen molar-refractivity contribution in [3.63, 3.8) is 0 Å². The Morgan fingerprint density at radius 1 is 1.39 bits per heavy atom. The summed E-state index contributed by atoms with van der Waals surface area (Å²) >= 11 is 0. The first-order chi connectivity index (χ1) is 8.41. The zero-order valence-electron chi connectivity index (χ0n) is 10.3. The monoisotopic (exact) mass is 246 g/mol. The second kappa shape index (κ2) is 4.22. The van der Waals surface area contributed by atoms with Crippen molar-refractivity contribution in [1.82, 2.24) is 0 Å². The molecule has 94 valence electrons. The molecule has 0 aliphatic carbocycles. The van der Waals surface area contributed by atoms with Crippen LogP contribution in [0.4, 0.5) is 0 Å². The average Bonchev–Trinajstić information content (AvgIpc) is 2.30. The average molecular weight is 246 g/mol. The fraction of sp³-hybridized carbons (Fsp3) is 0.214. The molecule has 2 rings (SSSR count). The van der Waals surface area contributed by atoms with Crippen LogP contribution in [0.15, 0.2) is 46.1 Å². The van der Waals surface area contributed by atoms with E-state index in [9.17, 15) is 9.90 Å². The van der Waals surface area contributed by atoms with Crippen molar-refractivity contribution < 1.29 is 14.3 Å². The Bertz CT molecular complexity index is 652. The molecule has 0 aliphatic heterocycles. The van der Waals surface area contributed by atoms with E-state index in [1.807, 2.05) is 13.8 Å². The highest BCUT2D eigenvalue weighted by Crippen LogP contribution is 2.33. The largest absolute Gasteiger partial charge is 0.504 e. The Hall–Kier alpha value is -2.23. The number of benzene rings is 1. The third kappa shape index (κ3) is 2.37. The lowest BCUT2D eigenvalue weighted by molar-refractivity contribution is 0.156. The molecule has 1 aromatic heterocycles. The van der Waals surface area contributed by atoms with Crippen LogP contribution < -0.4 is 10.4 Å².